The van der Waals surface area contributed by atoms with Gasteiger partial charge < -0.3 is 4.74 Å². The summed E-state index contributed by atoms with van der Waals surface area (Å²) >= 11 is 3.93. The van der Waals surface area contributed by atoms with Gasteiger partial charge in [0.05, 0.1) is 6.42 Å². The first-order valence-corrected chi connectivity index (χ1v) is 10.8. The van der Waals surface area contributed by atoms with Crippen molar-refractivity contribution >= 4 is 24.6 Å². The molecule has 0 radical (unpaired) electrons. The molecule has 0 aliphatic carbocycles. The van der Waals surface area contributed by atoms with Gasteiger partial charge in [0.15, 0.2) is 0 Å². The monoisotopic (exact) mass is 370 g/mol. The zero-order chi connectivity index (χ0) is 18.6. The molecule has 0 aromatic carbocycles. The molecule has 0 spiro atoms. The summed E-state index contributed by atoms with van der Waals surface area (Å²) in [6.07, 6.45) is 21.1. The number of carbonyl (C=O) groups excluding carboxylic acids is 2. The maximum atomic E-state index is 11.4. The van der Waals surface area contributed by atoms with E-state index < -0.39 is 11.9 Å². The number of carbonyl (C=O) groups is 2. The van der Waals surface area contributed by atoms with Crippen molar-refractivity contribution in [3.8, 4) is 0 Å². The zero-order valence-electron chi connectivity index (χ0n) is 16.1. The summed E-state index contributed by atoms with van der Waals surface area (Å²) in [4.78, 5) is 22.5. The lowest BCUT2D eigenvalue weighted by molar-refractivity contribution is -0.159. The molecule has 25 heavy (non-hydrogen) atoms. The second-order valence-corrected chi connectivity index (χ2v) is 7.10. The lowest BCUT2D eigenvalue weighted by Crippen LogP contribution is -2.12. The molecular weight excluding hydrogens is 332 g/mol. The predicted molar refractivity (Wildman–Crippen MR) is 109 cm³/mol. The summed E-state index contributed by atoms with van der Waals surface area (Å²) in [5, 5.41) is 0. The summed E-state index contributed by atoms with van der Waals surface area (Å²) in [5.74, 6) is -0.448. The van der Waals surface area contributed by atoms with Gasteiger partial charge in [-0.1, -0.05) is 70.4 Å². The summed E-state index contributed by atoms with van der Waals surface area (Å²) in [6, 6.07) is 0. The van der Waals surface area contributed by atoms with Gasteiger partial charge in [0.25, 0.3) is 0 Å². The van der Waals surface area contributed by atoms with E-state index in [4.69, 9.17) is 0 Å². The fourth-order valence-corrected chi connectivity index (χ4v) is 2.84. The number of ether oxygens (including phenoxy) is 1. The molecule has 3 nitrogen and oxygen atoms in total. The Bertz CT molecular complexity index is 353. The van der Waals surface area contributed by atoms with Crippen LogP contribution in [0.1, 0.15) is 103 Å². The molecule has 0 N–H and O–H groups in total. The minimum absolute atomic E-state index is 0.196. The van der Waals surface area contributed by atoms with Gasteiger partial charge in [-0.05, 0) is 32.1 Å². The van der Waals surface area contributed by atoms with Crippen molar-refractivity contribution in [2.24, 2.45) is 0 Å². The van der Waals surface area contributed by atoms with Crippen LogP contribution in [-0.4, -0.2) is 17.7 Å². The first kappa shape index (κ1) is 24.2. The van der Waals surface area contributed by atoms with E-state index >= 15 is 0 Å². The van der Waals surface area contributed by atoms with Crippen LogP contribution < -0.4 is 0 Å². The molecule has 0 heterocycles. The molecule has 0 aromatic heterocycles. The minimum atomic E-state index is -0.465. The van der Waals surface area contributed by atoms with E-state index in [1.54, 1.807) is 0 Å². The second-order valence-electron chi connectivity index (χ2n) is 6.65. The Morgan fingerprint density at radius 1 is 0.720 bits per heavy atom. The van der Waals surface area contributed by atoms with Crippen LogP contribution in [0.15, 0.2) is 12.2 Å². The molecule has 0 saturated heterocycles. The van der Waals surface area contributed by atoms with Gasteiger partial charge in [0.1, 0.15) is 0 Å². The Hall–Kier alpha value is -0.770. The number of rotatable bonds is 17. The van der Waals surface area contributed by atoms with Crippen LogP contribution in [0, 0.1) is 0 Å². The third kappa shape index (κ3) is 19.4. The Labute approximate surface area is 160 Å². The van der Waals surface area contributed by atoms with Crippen LogP contribution >= 0.6 is 12.6 Å². The highest BCUT2D eigenvalue weighted by atomic mass is 32.1. The number of esters is 2. The number of allylic oxidation sites excluding steroid dienone is 2. The topological polar surface area (TPSA) is 43.4 Å². The van der Waals surface area contributed by atoms with E-state index in [1.165, 1.54) is 57.8 Å². The molecule has 0 saturated carbocycles. The molecular formula is C21H38O3S. The normalized spacial score (nSPS) is 11.1. The molecule has 0 aliphatic heterocycles. The minimum Gasteiger partial charge on any atom is -0.393 e. The van der Waals surface area contributed by atoms with E-state index in [-0.39, 0.29) is 6.42 Å². The quantitative estimate of drug-likeness (QED) is 0.106. The molecule has 4 heteroatoms. The first-order chi connectivity index (χ1) is 12.2. The fourth-order valence-electron chi connectivity index (χ4n) is 2.66. The van der Waals surface area contributed by atoms with Gasteiger partial charge in [0.2, 0.25) is 0 Å². The van der Waals surface area contributed by atoms with Crippen LogP contribution in [0.3, 0.4) is 0 Å². The predicted octanol–water partition coefficient (Wildman–Crippen LogP) is 6.41. The SMILES string of the molecule is CCCCCCCCC=CCCCCCCCC(=O)OC(=O)CCS. The van der Waals surface area contributed by atoms with Crippen molar-refractivity contribution in [1.29, 1.82) is 0 Å². The highest BCUT2D eigenvalue weighted by Gasteiger charge is 2.08. The average molecular weight is 371 g/mol. The van der Waals surface area contributed by atoms with Gasteiger partial charge >= 0.3 is 11.9 Å². The number of hydrogen-bond acceptors (Lipinski definition) is 4. The molecule has 0 bridgehead atoms. The molecule has 0 atom stereocenters. The van der Waals surface area contributed by atoms with E-state index in [0.29, 0.717) is 12.2 Å². The Balaban J connectivity index is 3.26. The van der Waals surface area contributed by atoms with Crippen molar-refractivity contribution in [3.63, 3.8) is 0 Å². The number of thiol groups is 1. The number of unbranched alkanes of at least 4 members (excludes halogenated alkanes) is 11. The van der Waals surface area contributed by atoms with Crippen LogP contribution in [-0.2, 0) is 14.3 Å². The van der Waals surface area contributed by atoms with E-state index in [1.807, 2.05) is 0 Å². The van der Waals surface area contributed by atoms with Crippen LogP contribution in [0.5, 0.6) is 0 Å². The maximum absolute atomic E-state index is 11.4. The summed E-state index contributed by atoms with van der Waals surface area (Å²) in [5.41, 5.74) is 0. The van der Waals surface area contributed by atoms with Gasteiger partial charge in [-0.2, -0.15) is 12.6 Å². The number of hydrogen-bond donors (Lipinski definition) is 1. The van der Waals surface area contributed by atoms with Crippen molar-refractivity contribution in [2.75, 3.05) is 5.75 Å². The van der Waals surface area contributed by atoms with Crippen molar-refractivity contribution < 1.29 is 14.3 Å². The molecule has 0 amide bonds. The summed E-state index contributed by atoms with van der Waals surface area (Å²) in [6.45, 7) is 2.26. The highest BCUT2D eigenvalue weighted by Crippen LogP contribution is 2.10. The second kappa shape index (κ2) is 19.6. The van der Waals surface area contributed by atoms with Crippen molar-refractivity contribution in [2.45, 2.75) is 103 Å². The molecule has 146 valence electrons. The lowest BCUT2D eigenvalue weighted by atomic mass is 10.1. The third-order valence-corrected chi connectivity index (χ3v) is 4.41. The van der Waals surface area contributed by atoms with E-state index in [9.17, 15) is 9.59 Å². The fraction of sp³-hybridized carbons (Fsp3) is 0.810. The van der Waals surface area contributed by atoms with Gasteiger partial charge in [-0.3, -0.25) is 9.59 Å². The molecule has 0 rings (SSSR count). The molecule has 0 unspecified atom stereocenters. The van der Waals surface area contributed by atoms with Crippen LogP contribution in [0.4, 0.5) is 0 Å². The first-order valence-electron chi connectivity index (χ1n) is 10.2. The summed E-state index contributed by atoms with van der Waals surface area (Å²) in [7, 11) is 0. The van der Waals surface area contributed by atoms with Crippen molar-refractivity contribution in [1.82, 2.24) is 0 Å². The van der Waals surface area contributed by atoms with Crippen molar-refractivity contribution in [3.05, 3.63) is 12.2 Å². The standard InChI is InChI=1S/C21H38O3S/c1-2-3-4-5-6-7-8-9-10-11-12-13-14-15-16-17-20(22)24-21(23)18-19-25/h9-10,25H,2-8,11-19H2,1H3. The lowest BCUT2D eigenvalue weighted by Gasteiger charge is -2.02. The van der Waals surface area contributed by atoms with E-state index in [0.717, 1.165) is 25.7 Å². The van der Waals surface area contributed by atoms with Crippen LogP contribution in [0.25, 0.3) is 0 Å². The van der Waals surface area contributed by atoms with Gasteiger partial charge in [0, 0.05) is 12.2 Å². The summed E-state index contributed by atoms with van der Waals surface area (Å²) < 4.78 is 4.67. The molecule has 0 aromatic rings. The largest absolute Gasteiger partial charge is 0.393 e. The van der Waals surface area contributed by atoms with Crippen LogP contribution in [0.2, 0.25) is 0 Å². The van der Waals surface area contributed by atoms with E-state index in [2.05, 4.69) is 36.4 Å². The molecule has 0 fully saturated rings. The third-order valence-electron chi connectivity index (χ3n) is 4.19. The smallest absolute Gasteiger partial charge is 0.314 e. The Morgan fingerprint density at radius 2 is 1.20 bits per heavy atom. The average Bonchev–Trinajstić information content (AvgIpc) is 2.58. The highest BCUT2D eigenvalue weighted by molar-refractivity contribution is 7.80. The Kier molecular flexibility index (Phi) is 19.0. The van der Waals surface area contributed by atoms with Gasteiger partial charge in [-0.25, -0.2) is 0 Å². The Morgan fingerprint density at radius 3 is 1.76 bits per heavy atom. The maximum Gasteiger partial charge on any atom is 0.314 e. The van der Waals surface area contributed by atoms with Gasteiger partial charge in [-0.15, -0.1) is 0 Å². The molecule has 0 aliphatic rings. The zero-order valence-corrected chi connectivity index (χ0v) is 17.0.